The number of anilines is 1. The lowest BCUT2D eigenvalue weighted by Gasteiger charge is -2.32. The predicted molar refractivity (Wildman–Crippen MR) is 110 cm³/mol. The summed E-state index contributed by atoms with van der Waals surface area (Å²) < 4.78 is 13.7. The third-order valence-electron chi connectivity index (χ3n) is 5.40. The van der Waals surface area contributed by atoms with E-state index in [4.69, 9.17) is 0 Å². The minimum absolute atomic E-state index is 0.109. The summed E-state index contributed by atoms with van der Waals surface area (Å²) in [7, 11) is 0. The van der Waals surface area contributed by atoms with E-state index in [-0.39, 0.29) is 11.7 Å². The number of nitrogens with zero attached hydrogens (tertiary/aromatic N) is 2. The van der Waals surface area contributed by atoms with Gasteiger partial charge in [0.1, 0.15) is 5.82 Å². The number of aryl methyl sites for hydroxylation is 1. The highest BCUT2D eigenvalue weighted by Gasteiger charge is 2.23. The van der Waals surface area contributed by atoms with Gasteiger partial charge in [-0.1, -0.05) is 18.2 Å². The fraction of sp³-hybridized carbons (Fsp3) is 0.304. The normalized spacial score (nSPS) is 15.0. The van der Waals surface area contributed by atoms with E-state index in [2.05, 4.69) is 10.3 Å². The molecule has 28 heavy (non-hydrogen) atoms. The van der Waals surface area contributed by atoms with E-state index in [9.17, 15) is 9.18 Å². The minimum atomic E-state index is -0.256. The Morgan fingerprint density at radius 1 is 1.14 bits per heavy atom. The summed E-state index contributed by atoms with van der Waals surface area (Å²) in [6.07, 6.45) is 1.92. The predicted octanol–water partition coefficient (Wildman–Crippen LogP) is 4.65. The molecule has 0 atom stereocenters. The largest absolute Gasteiger partial charge is 0.384 e. The molecule has 4 nitrogen and oxygen atoms in total. The molecule has 0 radical (unpaired) electrons. The van der Waals surface area contributed by atoms with E-state index >= 15 is 0 Å². The Bertz CT molecular complexity index is 982. The van der Waals surface area contributed by atoms with Crippen molar-refractivity contribution in [1.82, 2.24) is 9.88 Å². The molecule has 1 aromatic heterocycles. The van der Waals surface area contributed by atoms with Crippen LogP contribution in [0, 0.1) is 18.7 Å². The number of pyridine rings is 1. The molecule has 5 heteroatoms. The maximum Gasteiger partial charge on any atom is 0.253 e. The van der Waals surface area contributed by atoms with E-state index in [1.165, 1.54) is 12.1 Å². The van der Waals surface area contributed by atoms with Crippen molar-refractivity contribution in [2.24, 2.45) is 5.92 Å². The van der Waals surface area contributed by atoms with Crippen molar-refractivity contribution in [3.63, 3.8) is 0 Å². The van der Waals surface area contributed by atoms with Crippen molar-refractivity contribution < 1.29 is 9.18 Å². The smallest absolute Gasteiger partial charge is 0.253 e. The number of rotatable bonds is 4. The van der Waals surface area contributed by atoms with Crippen LogP contribution in [0.1, 0.15) is 28.9 Å². The zero-order valence-electron chi connectivity index (χ0n) is 16.0. The summed E-state index contributed by atoms with van der Waals surface area (Å²) in [6.45, 7) is 4.29. The van der Waals surface area contributed by atoms with Gasteiger partial charge in [0.2, 0.25) is 0 Å². The first-order valence-corrected chi connectivity index (χ1v) is 9.75. The van der Waals surface area contributed by atoms with Crippen LogP contribution in [-0.4, -0.2) is 35.4 Å². The molecule has 1 aliphatic heterocycles. The van der Waals surface area contributed by atoms with Crippen LogP contribution in [0.2, 0.25) is 0 Å². The molecule has 2 heterocycles. The van der Waals surface area contributed by atoms with Gasteiger partial charge in [0.05, 0.1) is 5.52 Å². The van der Waals surface area contributed by atoms with E-state index in [0.29, 0.717) is 5.92 Å². The number of nitrogens with one attached hydrogen (secondary N) is 1. The van der Waals surface area contributed by atoms with Gasteiger partial charge in [-0.25, -0.2) is 4.39 Å². The summed E-state index contributed by atoms with van der Waals surface area (Å²) in [5, 5.41) is 4.30. The number of halogens is 1. The average Bonchev–Trinajstić information content (AvgIpc) is 2.73. The Morgan fingerprint density at radius 2 is 1.89 bits per heavy atom. The molecule has 1 aliphatic rings. The first kappa shape index (κ1) is 18.4. The highest BCUT2D eigenvalue weighted by Crippen LogP contribution is 2.26. The number of amides is 1. The van der Waals surface area contributed by atoms with Crippen LogP contribution >= 0.6 is 0 Å². The Kier molecular flexibility index (Phi) is 5.24. The molecule has 1 N–H and O–H groups in total. The fourth-order valence-corrected chi connectivity index (χ4v) is 3.83. The quantitative estimate of drug-likeness (QED) is 0.720. The molecule has 3 aromatic rings. The minimum Gasteiger partial charge on any atom is -0.384 e. The summed E-state index contributed by atoms with van der Waals surface area (Å²) >= 11 is 0. The number of hydrogen-bond acceptors (Lipinski definition) is 3. The lowest BCUT2D eigenvalue weighted by Crippen LogP contribution is -2.39. The van der Waals surface area contributed by atoms with Crippen LogP contribution in [0.25, 0.3) is 10.9 Å². The maximum atomic E-state index is 13.7. The number of likely N-dealkylation sites (tertiary alicyclic amines) is 1. The zero-order chi connectivity index (χ0) is 19.5. The Labute approximate surface area is 164 Å². The first-order valence-electron chi connectivity index (χ1n) is 9.75. The average molecular weight is 377 g/mol. The molecule has 0 bridgehead atoms. The second-order valence-electron chi connectivity index (χ2n) is 7.46. The number of carbonyl (C=O) groups is 1. The SMILES string of the molecule is Cc1cc(NCC2CCN(C(=O)c3ccccc3)CC2)c2cc(F)ccc2n1. The molecule has 144 valence electrons. The molecule has 0 aliphatic carbocycles. The van der Waals surface area contributed by atoms with Crippen molar-refractivity contribution >= 4 is 22.5 Å². The fourth-order valence-electron chi connectivity index (χ4n) is 3.83. The van der Waals surface area contributed by atoms with Crippen LogP contribution < -0.4 is 5.32 Å². The molecular weight excluding hydrogens is 353 g/mol. The topological polar surface area (TPSA) is 45.2 Å². The van der Waals surface area contributed by atoms with Crippen molar-refractivity contribution in [2.45, 2.75) is 19.8 Å². The Hall–Kier alpha value is -2.95. The van der Waals surface area contributed by atoms with Crippen molar-refractivity contribution in [3.05, 3.63) is 71.7 Å². The molecule has 0 saturated carbocycles. The lowest BCUT2D eigenvalue weighted by molar-refractivity contribution is 0.0695. The van der Waals surface area contributed by atoms with Crippen molar-refractivity contribution in [2.75, 3.05) is 25.0 Å². The molecule has 4 rings (SSSR count). The number of hydrogen-bond donors (Lipinski definition) is 1. The maximum absolute atomic E-state index is 13.7. The van der Waals surface area contributed by atoms with E-state index in [1.54, 1.807) is 6.07 Å². The van der Waals surface area contributed by atoms with Crippen molar-refractivity contribution in [1.29, 1.82) is 0 Å². The third kappa shape index (κ3) is 3.98. The summed E-state index contributed by atoms with van der Waals surface area (Å²) in [5.41, 5.74) is 3.38. The van der Waals surface area contributed by atoms with Crippen LogP contribution in [0.3, 0.4) is 0 Å². The number of fused-ring (bicyclic) bond motifs is 1. The molecule has 2 aromatic carbocycles. The first-order chi connectivity index (χ1) is 13.6. The second-order valence-corrected chi connectivity index (χ2v) is 7.46. The van der Waals surface area contributed by atoms with Crippen LogP contribution in [-0.2, 0) is 0 Å². The van der Waals surface area contributed by atoms with E-state index in [0.717, 1.165) is 60.3 Å². The van der Waals surface area contributed by atoms with Gasteiger partial charge >= 0.3 is 0 Å². The third-order valence-corrected chi connectivity index (χ3v) is 5.40. The Balaban J connectivity index is 1.38. The number of carbonyl (C=O) groups excluding carboxylic acids is 1. The molecular formula is C23H24FN3O. The molecule has 1 saturated heterocycles. The number of benzene rings is 2. The van der Waals surface area contributed by atoms with Crippen molar-refractivity contribution in [3.8, 4) is 0 Å². The van der Waals surface area contributed by atoms with Gasteiger partial charge in [0.25, 0.3) is 5.91 Å². The number of aromatic nitrogens is 1. The van der Waals surface area contributed by atoms with Gasteiger partial charge in [0.15, 0.2) is 0 Å². The molecule has 1 amide bonds. The Morgan fingerprint density at radius 3 is 2.64 bits per heavy atom. The summed E-state index contributed by atoms with van der Waals surface area (Å²) in [6, 6.07) is 16.1. The van der Waals surface area contributed by atoms with Crippen LogP contribution in [0.5, 0.6) is 0 Å². The second kappa shape index (κ2) is 7.97. The van der Waals surface area contributed by atoms with Gasteiger partial charge in [-0.15, -0.1) is 0 Å². The highest BCUT2D eigenvalue weighted by atomic mass is 19.1. The lowest BCUT2D eigenvalue weighted by atomic mass is 9.96. The molecule has 0 unspecified atom stereocenters. The summed E-state index contributed by atoms with van der Waals surface area (Å²) in [4.78, 5) is 19.0. The van der Waals surface area contributed by atoms with Gasteiger partial charge < -0.3 is 10.2 Å². The molecule has 0 spiro atoms. The van der Waals surface area contributed by atoms with E-state index < -0.39 is 0 Å². The number of piperidine rings is 1. The van der Waals surface area contributed by atoms with Crippen LogP contribution in [0.4, 0.5) is 10.1 Å². The van der Waals surface area contributed by atoms with Gasteiger partial charge in [-0.05, 0) is 62.1 Å². The monoisotopic (exact) mass is 377 g/mol. The zero-order valence-corrected chi connectivity index (χ0v) is 16.0. The van der Waals surface area contributed by atoms with Gasteiger partial charge in [-0.3, -0.25) is 9.78 Å². The standard InChI is InChI=1S/C23H24FN3O/c1-16-13-22(20-14-19(24)7-8-21(20)26-16)25-15-17-9-11-27(12-10-17)23(28)18-5-3-2-4-6-18/h2-8,13-14,17H,9-12,15H2,1H3,(H,25,26). The summed E-state index contributed by atoms with van der Waals surface area (Å²) in [5.74, 6) is 0.337. The highest BCUT2D eigenvalue weighted by molar-refractivity contribution is 5.94. The van der Waals surface area contributed by atoms with Crippen LogP contribution in [0.15, 0.2) is 54.6 Å². The van der Waals surface area contributed by atoms with Gasteiger partial charge in [0, 0.05) is 42.0 Å². The molecule has 1 fully saturated rings. The van der Waals surface area contributed by atoms with Gasteiger partial charge in [-0.2, -0.15) is 0 Å². The van der Waals surface area contributed by atoms with E-state index in [1.807, 2.05) is 48.2 Å².